The minimum Gasteiger partial charge on any atom is -0.481 e. The van der Waals surface area contributed by atoms with Gasteiger partial charge >= 0.3 is 11.9 Å². The fourth-order valence-corrected chi connectivity index (χ4v) is 4.12. The van der Waals surface area contributed by atoms with Crippen LogP contribution < -0.4 is 5.73 Å². The van der Waals surface area contributed by atoms with Gasteiger partial charge in [-0.05, 0) is 48.9 Å². The van der Waals surface area contributed by atoms with Gasteiger partial charge < -0.3 is 15.9 Å². The molecule has 2 aromatic carbocycles. The van der Waals surface area contributed by atoms with Crippen molar-refractivity contribution in [3.8, 4) is 0 Å². The highest BCUT2D eigenvalue weighted by Gasteiger charge is 2.59. The van der Waals surface area contributed by atoms with E-state index in [1.807, 2.05) is 62.4 Å². The molecule has 0 bridgehead atoms. The molecule has 3 unspecified atom stereocenters. The molecule has 27 heavy (non-hydrogen) atoms. The first-order valence-electron chi connectivity index (χ1n) is 9.12. The average Bonchev–Trinajstić information content (AvgIpc) is 3.42. The van der Waals surface area contributed by atoms with Gasteiger partial charge in [-0.15, -0.1) is 0 Å². The normalized spacial score (nSPS) is 20.9. The van der Waals surface area contributed by atoms with Crippen LogP contribution in [0, 0.1) is 25.7 Å². The van der Waals surface area contributed by atoms with Gasteiger partial charge in [0.2, 0.25) is 0 Å². The summed E-state index contributed by atoms with van der Waals surface area (Å²) in [5.41, 5.74) is 8.97. The van der Waals surface area contributed by atoms with Crippen LogP contribution in [-0.2, 0) is 9.59 Å². The molecule has 4 N–H and O–H groups in total. The summed E-state index contributed by atoms with van der Waals surface area (Å²) < 4.78 is 0. The predicted octanol–water partition coefficient (Wildman–Crippen LogP) is 3.33. The predicted molar refractivity (Wildman–Crippen MR) is 103 cm³/mol. The highest BCUT2D eigenvalue weighted by molar-refractivity contribution is 5.83. The van der Waals surface area contributed by atoms with Crippen LogP contribution in [0.3, 0.4) is 0 Å². The van der Waals surface area contributed by atoms with E-state index in [0.29, 0.717) is 6.42 Å². The van der Waals surface area contributed by atoms with Crippen LogP contribution in [0.1, 0.15) is 41.0 Å². The summed E-state index contributed by atoms with van der Waals surface area (Å²) in [5, 5.41) is 19.2. The molecule has 3 rings (SSSR count). The van der Waals surface area contributed by atoms with Crippen LogP contribution in [0.25, 0.3) is 0 Å². The van der Waals surface area contributed by atoms with E-state index in [2.05, 4.69) is 0 Å². The van der Waals surface area contributed by atoms with Gasteiger partial charge in [-0.1, -0.05) is 48.5 Å². The molecule has 1 aliphatic rings. The number of nitrogens with two attached hydrogens (primary N) is 1. The summed E-state index contributed by atoms with van der Waals surface area (Å²) in [6.07, 6.45) is 0.471. The monoisotopic (exact) mass is 367 g/mol. The first kappa shape index (κ1) is 19.1. The molecular formula is C22H25NO4. The maximum Gasteiger partial charge on any atom is 0.324 e. The third-order valence-electron chi connectivity index (χ3n) is 5.84. The Morgan fingerprint density at radius 1 is 1.04 bits per heavy atom. The van der Waals surface area contributed by atoms with Gasteiger partial charge in [0.25, 0.3) is 0 Å². The van der Waals surface area contributed by atoms with Gasteiger partial charge in [0.05, 0.1) is 5.92 Å². The Balaban J connectivity index is 2.06. The largest absolute Gasteiger partial charge is 0.481 e. The molecule has 1 fully saturated rings. The lowest BCUT2D eigenvalue weighted by molar-refractivity contribution is -0.145. The summed E-state index contributed by atoms with van der Waals surface area (Å²) in [5.74, 6) is -3.56. The standard InChI is InChI=1S/C22H25NO4/c1-13-7-3-5-9-15(13)18(16-10-6-4-8-14(16)2)12-22(23,21(26)27)19-11-17(19)20(24)25/h3-10,17-19H,11-12,23H2,1-2H3,(H,24,25)(H,26,27). The van der Waals surface area contributed by atoms with Crippen molar-refractivity contribution in [2.24, 2.45) is 17.6 Å². The van der Waals surface area contributed by atoms with E-state index in [4.69, 9.17) is 5.73 Å². The van der Waals surface area contributed by atoms with Gasteiger partial charge in [0.1, 0.15) is 5.54 Å². The zero-order valence-electron chi connectivity index (χ0n) is 15.6. The summed E-state index contributed by atoms with van der Waals surface area (Å²) >= 11 is 0. The third kappa shape index (κ3) is 3.60. The Morgan fingerprint density at radius 2 is 1.52 bits per heavy atom. The molecule has 0 aliphatic heterocycles. The van der Waals surface area contributed by atoms with Crippen LogP contribution in [0.2, 0.25) is 0 Å². The Morgan fingerprint density at radius 3 is 1.89 bits per heavy atom. The minimum atomic E-state index is -1.59. The number of aliphatic carboxylic acids is 2. The molecule has 0 radical (unpaired) electrons. The highest BCUT2D eigenvalue weighted by atomic mass is 16.4. The SMILES string of the molecule is Cc1ccccc1C(CC(N)(C(=O)O)C1CC1C(=O)O)c1ccccc1C. The van der Waals surface area contributed by atoms with Crippen molar-refractivity contribution in [1.29, 1.82) is 0 Å². The maximum atomic E-state index is 12.1. The molecule has 0 saturated heterocycles. The molecule has 0 heterocycles. The minimum absolute atomic E-state index is 0.159. The second-order valence-corrected chi connectivity index (χ2v) is 7.60. The van der Waals surface area contributed by atoms with E-state index in [0.717, 1.165) is 22.3 Å². The highest BCUT2D eigenvalue weighted by Crippen LogP contribution is 2.50. The first-order valence-corrected chi connectivity index (χ1v) is 9.12. The molecule has 3 atom stereocenters. The lowest BCUT2D eigenvalue weighted by Crippen LogP contribution is -2.52. The average molecular weight is 367 g/mol. The molecule has 0 aromatic heterocycles. The van der Waals surface area contributed by atoms with Gasteiger partial charge in [-0.25, -0.2) is 0 Å². The number of carboxylic acids is 2. The van der Waals surface area contributed by atoms with Gasteiger partial charge in [0.15, 0.2) is 0 Å². The Hall–Kier alpha value is -2.66. The van der Waals surface area contributed by atoms with Crippen molar-refractivity contribution < 1.29 is 19.8 Å². The lowest BCUT2D eigenvalue weighted by Gasteiger charge is -2.32. The van der Waals surface area contributed by atoms with Crippen molar-refractivity contribution in [2.75, 3.05) is 0 Å². The molecule has 142 valence electrons. The zero-order valence-corrected chi connectivity index (χ0v) is 15.6. The number of benzene rings is 2. The smallest absolute Gasteiger partial charge is 0.324 e. The van der Waals surface area contributed by atoms with E-state index >= 15 is 0 Å². The molecule has 1 saturated carbocycles. The van der Waals surface area contributed by atoms with Crippen LogP contribution in [0.15, 0.2) is 48.5 Å². The fourth-order valence-electron chi connectivity index (χ4n) is 4.12. The van der Waals surface area contributed by atoms with E-state index < -0.39 is 29.3 Å². The van der Waals surface area contributed by atoms with E-state index in [-0.39, 0.29) is 12.3 Å². The maximum absolute atomic E-state index is 12.1. The Labute approximate surface area is 158 Å². The fraction of sp³-hybridized carbons (Fsp3) is 0.364. The number of hydrogen-bond donors (Lipinski definition) is 3. The number of rotatable bonds is 7. The molecule has 2 aromatic rings. The second kappa shape index (κ2) is 7.16. The second-order valence-electron chi connectivity index (χ2n) is 7.60. The van der Waals surface area contributed by atoms with E-state index in [1.54, 1.807) is 0 Å². The van der Waals surface area contributed by atoms with Crippen molar-refractivity contribution in [2.45, 2.75) is 38.1 Å². The number of aryl methyl sites for hydroxylation is 2. The molecule has 0 spiro atoms. The summed E-state index contributed by atoms with van der Waals surface area (Å²) in [6, 6.07) is 15.7. The molecule has 0 amide bonds. The molecule has 5 nitrogen and oxygen atoms in total. The van der Waals surface area contributed by atoms with Gasteiger partial charge in [-0.2, -0.15) is 0 Å². The Bertz CT molecular complexity index is 833. The summed E-state index contributed by atoms with van der Waals surface area (Å²) in [7, 11) is 0. The van der Waals surface area contributed by atoms with Crippen LogP contribution in [0.5, 0.6) is 0 Å². The van der Waals surface area contributed by atoms with Crippen molar-refractivity contribution in [3.05, 3.63) is 70.8 Å². The number of hydrogen-bond acceptors (Lipinski definition) is 3. The third-order valence-corrected chi connectivity index (χ3v) is 5.84. The van der Waals surface area contributed by atoms with E-state index in [9.17, 15) is 19.8 Å². The van der Waals surface area contributed by atoms with Crippen molar-refractivity contribution >= 4 is 11.9 Å². The summed E-state index contributed by atoms with van der Waals surface area (Å²) in [4.78, 5) is 23.4. The van der Waals surface area contributed by atoms with Crippen LogP contribution in [-0.4, -0.2) is 27.7 Å². The number of carboxylic acid groups (broad SMARTS) is 2. The molecule has 1 aliphatic carbocycles. The molecular weight excluding hydrogens is 342 g/mol. The van der Waals surface area contributed by atoms with Crippen molar-refractivity contribution in [3.63, 3.8) is 0 Å². The Kier molecular flexibility index (Phi) is 5.07. The summed E-state index contributed by atoms with van der Waals surface area (Å²) in [6.45, 7) is 3.99. The lowest BCUT2D eigenvalue weighted by atomic mass is 9.75. The zero-order chi connectivity index (χ0) is 19.8. The van der Waals surface area contributed by atoms with Crippen LogP contribution >= 0.6 is 0 Å². The van der Waals surface area contributed by atoms with Gasteiger partial charge in [-0.3, -0.25) is 9.59 Å². The molecule has 5 heteroatoms. The van der Waals surface area contributed by atoms with Crippen LogP contribution in [0.4, 0.5) is 0 Å². The quantitative estimate of drug-likeness (QED) is 0.697. The number of carbonyl (C=O) groups is 2. The first-order chi connectivity index (χ1) is 12.8. The topological polar surface area (TPSA) is 101 Å². The van der Waals surface area contributed by atoms with E-state index in [1.165, 1.54) is 0 Å². The van der Waals surface area contributed by atoms with Gasteiger partial charge in [0, 0.05) is 11.8 Å². The van der Waals surface area contributed by atoms with Crippen molar-refractivity contribution in [1.82, 2.24) is 0 Å².